The molecule has 7 heteroatoms. The summed E-state index contributed by atoms with van der Waals surface area (Å²) in [4.78, 5) is 0. The fourth-order valence-electron chi connectivity index (χ4n) is 1.90. The topological polar surface area (TPSA) is 55.6 Å². The van der Waals surface area contributed by atoms with Gasteiger partial charge in [-0.15, -0.1) is 5.10 Å². The van der Waals surface area contributed by atoms with Gasteiger partial charge in [0, 0.05) is 11.0 Å². The van der Waals surface area contributed by atoms with Gasteiger partial charge in [0.2, 0.25) is 0 Å². The molecule has 3 aromatic rings. The van der Waals surface area contributed by atoms with Crippen LogP contribution in [0.3, 0.4) is 0 Å². The first-order chi connectivity index (χ1) is 10.2. The van der Waals surface area contributed by atoms with Crippen molar-refractivity contribution in [1.82, 2.24) is 20.2 Å². The third-order valence-corrected chi connectivity index (χ3v) is 3.76. The lowest BCUT2D eigenvalue weighted by Gasteiger charge is -2.10. The monoisotopic (exact) mass is 347 g/mol. The van der Waals surface area contributed by atoms with Crippen LogP contribution in [-0.2, 0) is 6.54 Å². The number of nitrogens with zero attached hydrogens (tertiary/aromatic N) is 4. The van der Waals surface area contributed by atoms with E-state index in [2.05, 4.69) is 36.8 Å². The molecule has 0 aliphatic carbocycles. The summed E-state index contributed by atoms with van der Waals surface area (Å²) in [5.41, 5.74) is 2.14. The smallest absolute Gasteiger partial charge is 0.146 e. The molecule has 5 nitrogen and oxygen atoms in total. The van der Waals surface area contributed by atoms with Crippen molar-refractivity contribution in [1.29, 1.82) is 0 Å². The van der Waals surface area contributed by atoms with Crippen LogP contribution in [0.15, 0.2) is 53.3 Å². The predicted molar refractivity (Wildman–Crippen MR) is 80.6 cm³/mol. The highest BCUT2D eigenvalue weighted by molar-refractivity contribution is 9.10. The highest BCUT2D eigenvalue weighted by Crippen LogP contribution is 2.21. The largest absolute Gasteiger partial charge is 0.378 e. The molecule has 0 aliphatic rings. The average molecular weight is 348 g/mol. The van der Waals surface area contributed by atoms with E-state index in [1.807, 2.05) is 24.3 Å². The van der Waals surface area contributed by atoms with Gasteiger partial charge in [-0.1, -0.05) is 34.1 Å². The van der Waals surface area contributed by atoms with Gasteiger partial charge in [-0.25, -0.2) is 9.07 Å². The minimum Gasteiger partial charge on any atom is -0.378 e. The number of nitrogens with one attached hydrogen (secondary N) is 1. The fraction of sp³-hybridized carbons (Fsp3) is 0.0714. The Hall–Kier alpha value is -2.28. The van der Waals surface area contributed by atoms with Crippen molar-refractivity contribution >= 4 is 21.6 Å². The Morgan fingerprint density at radius 1 is 1.19 bits per heavy atom. The van der Waals surface area contributed by atoms with E-state index in [1.165, 1.54) is 17.1 Å². The van der Waals surface area contributed by atoms with Gasteiger partial charge in [-0.2, -0.15) is 0 Å². The summed E-state index contributed by atoms with van der Waals surface area (Å²) in [7, 11) is 0. The maximum Gasteiger partial charge on any atom is 0.146 e. The molecule has 106 valence electrons. The Morgan fingerprint density at radius 2 is 2.05 bits per heavy atom. The molecule has 1 N–H and O–H groups in total. The first-order valence-corrected chi connectivity index (χ1v) is 7.03. The molecular formula is C14H11BrFN5. The van der Waals surface area contributed by atoms with Crippen molar-refractivity contribution in [3.8, 4) is 5.69 Å². The van der Waals surface area contributed by atoms with Crippen molar-refractivity contribution in [2.24, 2.45) is 0 Å². The standard InChI is InChI=1S/C14H11BrFN5/c15-12-4-2-1-3-10(12)8-17-14-7-11(5-6-13(14)16)21-9-18-19-20-21/h1-7,9,17H,8H2. The molecule has 0 spiro atoms. The van der Waals surface area contributed by atoms with Crippen LogP contribution >= 0.6 is 15.9 Å². The van der Waals surface area contributed by atoms with Crippen molar-refractivity contribution < 1.29 is 4.39 Å². The Labute approximate surface area is 128 Å². The molecule has 21 heavy (non-hydrogen) atoms. The van der Waals surface area contributed by atoms with Crippen LogP contribution in [0.5, 0.6) is 0 Å². The van der Waals surface area contributed by atoms with Crippen LogP contribution in [-0.4, -0.2) is 20.2 Å². The molecular weight excluding hydrogens is 337 g/mol. The van der Waals surface area contributed by atoms with Crippen LogP contribution in [0.4, 0.5) is 10.1 Å². The molecule has 0 saturated carbocycles. The highest BCUT2D eigenvalue weighted by atomic mass is 79.9. The van der Waals surface area contributed by atoms with Gasteiger partial charge < -0.3 is 5.32 Å². The second kappa shape index (κ2) is 6.01. The van der Waals surface area contributed by atoms with Gasteiger partial charge in [0.05, 0.1) is 11.4 Å². The molecule has 0 bridgehead atoms. The molecule has 1 aromatic heterocycles. The molecule has 0 unspecified atom stereocenters. The van der Waals surface area contributed by atoms with Gasteiger partial charge in [0.15, 0.2) is 0 Å². The van der Waals surface area contributed by atoms with Crippen LogP contribution in [0.25, 0.3) is 5.69 Å². The van der Waals surface area contributed by atoms with Crippen LogP contribution < -0.4 is 5.32 Å². The average Bonchev–Trinajstić information content (AvgIpc) is 3.02. The number of hydrogen-bond acceptors (Lipinski definition) is 4. The van der Waals surface area contributed by atoms with E-state index in [-0.39, 0.29) is 5.82 Å². The summed E-state index contributed by atoms with van der Waals surface area (Å²) in [5.74, 6) is -0.320. The SMILES string of the molecule is Fc1ccc(-n2cnnn2)cc1NCc1ccccc1Br. The van der Waals surface area contributed by atoms with Crippen LogP contribution in [0.1, 0.15) is 5.56 Å². The minimum absolute atomic E-state index is 0.320. The van der Waals surface area contributed by atoms with E-state index in [0.29, 0.717) is 17.9 Å². The number of hydrogen-bond donors (Lipinski definition) is 1. The summed E-state index contributed by atoms with van der Waals surface area (Å²) in [6, 6.07) is 12.5. The number of rotatable bonds is 4. The second-order valence-electron chi connectivity index (χ2n) is 4.36. The van der Waals surface area contributed by atoms with Gasteiger partial charge in [-0.05, 0) is 40.3 Å². The van der Waals surface area contributed by atoms with E-state index in [0.717, 1.165) is 10.0 Å². The number of aromatic nitrogens is 4. The van der Waals surface area contributed by atoms with Gasteiger partial charge in [0.25, 0.3) is 0 Å². The fourth-order valence-corrected chi connectivity index (χ4v) is 2.33. The van der Waals surface area contributed by atoms with Crippen LogP contribution in [0.2, 0.25) is 0 Å². The van der Waals surface area contributed by atoms with Crippen molar-refractivity contribution in [2.75, 3.05) is 5.32 Å². The van der Waals surface area contributed by atoms with Crippen molar-refractivity contribution in [3.63, 3.8) is 0 Å². The summed E-state index contributed by atoms with van der Waals surface area (Å²) in [6.07, 6.45) is 1.46. The Kier molecular flexibility index (Phi) is 3.92. The van der Waals surface area contributed by atoms with E-state index in [4.69, 9.17) is 0 Å². The first-order valence-electron chi connectivity index (χ1n) is 6.24. The third kappa shape index (κ3) is 3.08. The minimum atomic E-state index is -0.320. The van der Waals surface area contributed by atoms with Crippen LogP contribution in [0, 0.1) is 5.82 Å². The zero-order valence-electron chi connectivity index (χ0n) is 10.9. The third-order valence-electron chi connectivity index (χ3n) is 2.99. The lowest BCUT2D eigenvalue weighted by Crippen LogP contribution is -2.04. The molecule has 0 amide bonds. The Balaban J connectivity index is 1.82. The predicted octanol–water partition coefficient (Wildman–Crippen LogP) is 3.18. The Bertz CT molecular complexity index is 745. The summed E-state index contributed by atoms with van der Waals surface area (Å²) in [5, 5.41) is 14.0. The van der Waals surface area contributed by atoms with E-state index in [9.17, 15) is 4.39 Å². The maximum absolute atomic E-state index is 13.9. The Morgan fingerprint density at radius 3 is 2.81 bits per heavy atom. The molecule has 1 heterocycles. The molecule has 0 radical (unpaired) electrons. The zero-order valence-corrected chi connectivity index (χ0v) is 12.5. The highest BCUT2D eigenvalue weighted by Gasteiger charge is 2.06. The summed E-state index contributed by atoms with van der Waals surface area (Å²) >= 11 is 3.47. The van der Waals surface area contributed by atoms with Gasteiger partial charge in [0.1, 0.15) is 12.1 Å². The summed E-state index contributed by atoms with van der Waals surface area (Å²) in [6.45, 7) is 0.511. The number of anilines is 1. The molecule has 0 aliphatic heterocycles. The van der Waals surface area contributed by atoms with Gasteiger partial charge >= 0.3 is 0 Å². The van der Waals surface area contributed by atoms with E-state index >= 15 is 0 Å². The molecule has 0 atom stereocenters. The molecule has 0 fully saturated rings. The number of benzene rings is 2. The quantitative estimate of drug-likeness (QED) is 0.787. The zero-order chi connectivity index (χ0) is 14.7. The van der Waals surface area contributed by atoms with Gasteiger partial charge in [-0.3, -0.25) is 0 Å². The number of halogens is 2. The lowest BCUT2D eigenvalue weighted by atomic mass is 10.2. The molecule has 2 aromatic carbocycles. The summed E-state index contributed by atoms with van der Waals surface area (Å²) < 4.78 is 16.3. The second-order valence-corrected chi connectivity index (χ2v) is 5.22. The van der Waals surface area contributed by atoms with Crippen molar-refractivity contribution in [2.45, 2.75) is 6.54 Å². The normalized spacial score (nSPS) is 10.6. The van der Waals surface area contributed by atoms with E-state index in [1.54, 1.807) is 12.1 Å². The van der Waals surface area contributed by atoms with Crippen molar-refractivity contribution in [3.05, 3.63) is 64.6 Å². The molecule has 3 rings (SSSR count). The number of tetrazole rings is 1. The first kappa shape index (κ1) is 13.7. The van der Waals surface area contributed by atoms with E-state index < -0.39 is 0 Å². The maximum atomic E-state index is 13.9. The molecule has 0 saturated heterocycles. The lowest BCUT2D eigenvalue weighted by molar-refractivity contribution is 0.629.